The van der Waals surface area contributed by atoms with Crippen LogP contribution in [0.3, 0.4) is 0 Å². The zero-order chi connectivity index (χ0) is 15.3. The number of hydrogen-bond donors (Lipinski definition) is 1. The first-order valence-electron chi connectivity index (χ1n) is 8.36. The first-order chi connectivity index (χ1) is 9.84. The lowest BCUT2D eigenvalue weighted by Crippen LogP contribution is -2.51. The Morgan fingerprint density at radius 1 is 1.10 bits per heavy atom. The summed E-state index contributed by atoms with van der Waals surface area (Å²) in [6, 6.07) is 12.1. The van der Waals surface area contributed by atoms with Crippen molar-refractivity contribution in [1.82, 2.24) is 10.2 Å². The summed E-state index contributed by atoms with van der Waals surface area (Å²) in [5.41, 5.74) is 2.40. The summed E-state index contributed by atoms with van der Waals surface area (Å²) in [5, 5.41) is 3.65. The molecule has 2 unspecified atom stereocenters. The second-order valence-corrected chi connectivity index (χ2v) is 8.19. The summed E-state index contributed by atoms with van der Waals surface area (Å²) in [6.45, 7) is 15.5. The molecular weight excluding hydrogens is 256 g/mol. The van der Waals surface area contributed by atoms with Crippen LogP contribution in [-0.2, 0) is 0 Å². The summed E-state index contributed by atoms with van der Waals surface area (Å²) in [4.78, 5) is 2.72. The van der Waals surface area contributed by atoms with Crippen LogP contribution in [0.5, 0.6) is 0 Å². The van der Waals surface area contributed by atoms with Gasteiger partial charge in [-0.3, -0.25) is 4.90 Å². The maximum atomic E-state index is 3.65. The Balaban J connectivity index is 1.77. The predicted octanol–water partition coefficient (Wildman–Crippen LogP) is 3.70. The van der Waals surface area contributed by atoms with Gasteiger partial charge >= 0.3 is 0 Å². The minimum atomic E-state index is 0.475. The highest BCUT2D eigenvalue weighted by molar-refractivity contribution is 5.21. The molecule has 2 nitrogen and oxygen atoms in total. The molecular formula is C19H30N2. The van der Waals surface area contributed by atoms with E-state index in [1.807, 2.05) is 0 Å². The first-order valence-corrected chi connectivity index (χ1v) is 8.36. The maximum absolute atomic E-state index is 3.65. The van der Waals surface area contributed by atoms with Gasteiger partial charge in [0.2, 0.25) is 0 Å². The Labute approximate surface area is 129 Å². The molecule has 0 radical (unpaired) electrons. The molecule has 1 aliphatic carbocycles. The summed E-state index contributed by atoms with van der Waals surface area (Å²) in [5.74, 6) is 0.807. The van der Waals surface area contributed by atoms with Gasteiger partial charge < -0.3 is 5.32 Å². The highest BCUT2D eigenvalue weighted by Crippen LogP contribution is 2.68. The Bertz CT molecular complexity index is 478. The largest absolute Gasteiger partial charge is 0.311 e. The second-order valence-electron chi connectivity index (χ2n) is 8.19. The fourth-order valence-corrected chi connectivity index (χ4v) is 4.22. The molecule has 0 amide bonds. The molecule has 1 heterocycles. The Morgan fingerprint density at radius 3 is 2.29 bits per heavy atom. The molecule has 2 heteroatoms. The molecule has 1 aromatic carbocycles. The smallest absolute Gasteiger partial charge is 0.0473 e. The minimum absolute atomic E-state index is 0.475. The molecule has 3 rings (SSSR count). The Hall–Kier alpha value is -0.860. The van der Waals surface area contributed by atoms with Gasteiger partial charge in [-0.2, -0.15) is 0 Å². The zero-order valence-corrected chi connectivity index (χ0v) is 14.2. The maximum Gasteiger partial charge on any atom is 0.0473 e. The van der Waals surface area contributed by atoms with Crippen LogP contribution in [0.2, 0.25) is 0 Å². The number of benzene rings is 1. The molecule has 21 heavy (non-hydrogen) atoms. The topological polar surface area (TPSA) is 15.3 Å². The lowest BCUT2D eigenvalue weighted by atomic mass is 10.00. The van der Waals surface area contributed by atoms with E-state index in [1.165, 1.54) is 12.1 Å². The van der Waals surface area contributed by atoms with Crippen LogP contribution in [0.15, 0.2) is 30.3 Å². The Morgan fingerprint density at radius 2 is 1.71 bits per heavy atom. The van der Waals surface area contributed by atoms with Gasteiger partial charge in [-0.15, -0.1) is 0 Å². The normalized spacial score (nSPS) is 32.0. The van der Waals surface area contributed by atoms with E-state index >= 15 is 0 Å². The van der Waals surface area contributed by atoms with E-state index in [0.717, 1.165) is 19.0 Å². The van der Waals surface area contributed by atoms with Crippen LogP contribution in [0.1, 0.15) is 46.2 Å². The quantitative estimate of drug-likeness (QED) is 0.911. The number of nitrogens with zero attached hydrogens (tertiary/aromatic N) is 1. The average molecular weight is 286 g/mol. The molecule has 2 fully saturated rings. The average Bonchev–Trinajstić information content (AvgIpc) is 2.82. The van der Waals surface area contributed by atoms with Crippen LogP contribution in [0.4, 0.5) is 0 Å². The minimum Gasteiger partial charge on any atom is -0.311 e. The SMILES string of the molecule is CC1CN(CC2C(C)(C)C2(C)C)C(c2ccccc2)CN1. The van der Waals surface area contributed by atoms with Crippen molar-refractivity contribution in [2.45, 2.75) is 46.7 Å². The number of nitrogens with one attached hydrogen (secondary N) is 1. The van der Waals surface area contributed by atoms with E-state index in [-0.39, 0.29) is 0 Å². The van der Waals surface area contributed by atoms with Gasteiger partial charge in [-0.05, 0) is 29.2 Å². The van der Waals surface area contributed by atoms with E-state index < -0.39 is 0 Å². The molecule has 1 N–H and O–H groups in total. The van der Waals surface area contributed by atoms with E-state index in [0.29, 0.717) is 22.9 Å². The van der Waals surface area contributed by atoms with Gasteiger partial charge in [0.25, 0.3) is 0 Å². The monoisotopic (exact) mass is 286 g/mol. The number of hydrogen-bond acceptors (Lipinski definition) is 2. The summed E-state index contributed by atoms with van der Waals surface area (Å²) in [6.07, 6.45) is 0. The van der Waals surface area contributed by atoms with E-state index in [4.69, 9.17) is 0 Å². The highest BCUT2D eigenvalue weighted by Gasteiger charge is 2.64. The lowest BCUT2D eigenvalue weighted by molar-refractivity contribution is 0.122. The number of piperazine rings is 1. The molecule has 2 aliphatic rings. The highest BCUT2D eigenvalue weighted by atomic mass is 15.2. The standard InChI is InChI=1S/C19H30N2/c1-14-12-21(13-17-18(2,3)19(17,4)5)16(11-20-14)15-9-7-6-8-10-15/h6-10,14,16-17,20H,11-13H2,1-5H3. The Kier molecular flexibility index (Phi) is 3.66. The third kappa shape index (κ3) is 2.53. The second kappa shape index (κ2) is 5.10. The van der Waals surface area contributed by atoms with E-state index in [2.05, 4.69) is 75.2 Å². The van der Waals surface area contributed by atoms with Gasteiger partial charge in [0, 0.05) is 31.7 Å². The molecule has 2 atom stereocenters. The van der Waals surface area contributed by atoms with Crippen molar-refractivity contribution >= 4 is 0 Å². The van der Waals surface area contributed by atoms with Crippen LogP contribution in [-0.4, -0.2) is 30.6 Å². The van der Waals surface area contributed by atoms with Crippen molar-refractivity contribution in [2.24, 2.45) is 16.7 Å². The van der Waals surface area contributed by atoms with Gasteiger partial charge in [-0.25, -0.2) is 0 Å². The molecule has 0 bridgehead atoms. The van der Waals surface area contributed by atoms with Gasteiger partial charge in [-0.1, -0.05) is 58.0 Å². The zero-order valence-electron chi connectivity index (χ0n) is 14.2. The van der Waals surface area contributed by atoms with Crippen molar-refractivity contribution in [1.29, 1.82) is 0 Å². The van der Waals surface area contributed by atoms with E-state index in [9.17, 15) is 0 Å². The third-order valence-electron chi connectivity index (χ3n) is 6.53. The number of rotatable bonds is 3. The summed E-state index contributed by atoms with van der Waals surface area (Å²) < 4.78 is 0. The fourth-order valence-electron chi connectivity index (χ4n) is 4.22. The first kappa shape index (κ1) is 15.1. The molecule has 116 valence electrons. The molecule has 0 spiro atoms. The van der Waals surface area contributed by atoms with E-state index in [1.54, 1.807) is 0 Å². The molecule has 0 aromatic heterocycles. The van der Waals surface area contributed by atoms with Gasteiger partial charge in [0.15, 0.2) is 0 Å². The molecule has 1 aromatic rings. The van der Waals surface area contributed by atoms with Crippen molar-refractivity contribution in [3.63, 3.8) is 0 Å². The van der Waals surface area contributed by atoms with Gasteiger partial charge in [0.05, 0.1) is 0 Å². The fraction of sp³-hybridized carbons (Fsp3) is 0.684. The van der Waals surface area contributed by atoms with Crippen molar-refractivity contribution in [3.05, 3.63) is 35.9 Å². The van der Waals surface area contributed by atoms with Crippen LogP contribution in [0.25, 0.3) is 0 Å². The predicted molar refractivity (Wildman–Crippen MR) is 89.3 cm³/mol. The lowest BCUT2D eigenvalue weighted by Gasteiger charge is -2.40. The third-order valence-corrected chi connectivity index (χ3v) is 6.53. The van der Waals surface area contributed by atoms with Gasteiger partial charge in [0.1, 0.15) is 0 Å². The van der Waals surface area contributed by atoms with Crippen molar-refractivity contribution < 1.29 is 0 Å². The van der Waals surface area contributed by atoms with Crippen molar-refractivity contribution in [3.8, 4) is 0 Å². The van der Waals surface area contributed by atoms with Crippen LogP contribution >= 0.6 is 0 Å². The van der Waals surface area contributed by atoms with Crippen molar-refractivity contribution in [2.75, 3.05) is 19.6 Å². The van der Waals surface area contributed by atoms with Crippen LogP contribution < -0.4 is 5.32 Å². The molecule has 1 saturated heterocycles. The molecule has 1 aliphatic heterocycles. The summed E-state index contributed by atoms with van der Waals surface area (Å²) in [7, 11) is 0. The molecule has 1 saturated carbocycles. The summed E-state index contributed by atoms with van der Waals surface area (Å²) >= 11 is 0. The van der Waals surface area contributed by atoms with Crippen LogP contribution in [0, 0.1) is 16.7 Å².